The molecule has 1 aliphatic carbocycles. The molecule has 132 valence electrons. The van der Waals surface area contributed by atoms with E-state index in [0.717, 1.165) is 31.2 Å². The lowest BCUT2D eigenvalue weighted by molar-refractivity contribution is 0.101. The molecule has 25 heavy (non-hydrogen) atoms. The molecule has 4 nitrogen and oxygen atoms in total. The summed E-state index contributed by atoms with van der Waals surface area (Å²) >= 11 is 0. The molecule has 3 rings (SSSR count). The highest BCUT2D eigenvalue weighted by Crippen LogP contribution is 2.30. The van der Waals surface area contributed by atoms with E-state index in [-0.39, 0.29) is 17.7 Å². The van der Waals surface area contributed by atoms with E-state index in [2.05, 4.69) is 4.72 Å². The second kappa shape index (κ2) is 7.50. The van der Waals surface area contributed by atoms with Crippen molar-refractivity contribution in [3.8, 4) is 0 Å². The molecule has 0 aromatic heterocycles. The van der Waals surface area contributed by atoms with Gasteiger partial charge in [0.05, 0.1) is 4.90 Å². The number of hydrogen-bond donors (Lipinski definition) is 1. The van der Waals surface area contributed by atoms with Crippen LogP contribution in [0.1, 0.15) is 42.1 Å². The summed E-state index contributed by atoms with van der Waals surface area (Å²) in [6.07, 6.45) is 3.72. The Morgan fingerprint density at radius 3 is 2.36 bits per heavy atom. The average Bonchev–Trinajstić information content (AvgIpc) is 3.02. The minimum absolute atomic E-state index is 0.0438. The van der Waals surface area contributed by atoms with E-state index in [0.29, 0.717) is 10.5 Å². The first-order valence-corrected chi connectivity index (χ1v) is 10.1. The van der Waals surface area contributed by atoms with Gasteiger partial charge in [-0.15, -0.1) is 0 Å². The fourth-order valence-corrected chi connectivity index (χ4v) is 4.84. The molecule has 1 aliphatic rings. The number of rotatable bonds is 6. The van der Waals surface area contributed by atoms with Crippen LogP contribution in [0, 0.1) is 5.92 Å². The standard InChI is InChI=1S/C20H23NO3S/c1-15(22)17-12-10-16(11-13-17)14-18-6-5-9-20(18)21-25(23,24)19-7-3-2-4-8-19/h2-4,7-8,10-13,18,20-21H,5-6,9,14H2,1H3. The summed E-state index contributed by atoms with van der Waals surface area (Å²) < 4.78 is 28.0. The van der Waals surface area contributed by atoms with Gasteiger partial charge in [0.2, 0.25) is 10.0 Å². The number of carbonyl (C=O) groups excluding carboxylic acids is 1. The van der Waals surface area contributed by atoms with Gasteiger partial charge >= 0.3 is 0 Å². The quantitative estimate of drug-likeness (QED) is 0.804. The summed E-state index contributed by atoms with van der Waals surface area (Å²) in [7, 11) is -3.48. The lowest BCUT2D eigenvalue weighted by Gasteiger charge is -2.21. The predicted octanol–water partition coefficient (Wildman–Crippen LogP) is 3.58. The van der Waals surface area contributed by atoms with Crippen molar-refractivity contribution in [1.29, 1.82) is 0 Å². The van der Waals surface area contributed by atoms with Crippen LogP contribution in [0.3, 0.4) is 0 Å². The van der Waals surface area contributed by atoms with Gasteiger partial charge < -0.3 is 0 Å². The molecular weight excluding hydrogens is 334 g/mol. The van der Waals surface area contributed by atoms with E-state index < -0.39 is 10.0 Å². The Kier molecular flexibility index (Phi) is 5.35. The molecule has 0 bridgehead atoms. The monoisotopic (exact) mass is 357 g/mol. The maximum absolute atomic E-state index is 12.6. The van der Waals surface area contributed by atoms with Crippen LogP contribution in [-0.4, -0.2) is 20.2 Å². The summed E-state index contributed by atoms with van der Waals surface area (Å²) in [5.41, 5.74) is 1.84. The molecule has 2 unspecified atom stereocenters. The van der Waals surface area contributed by atoms with Crippen molar-refractivity contribution in [2.75, 3.05) is 0 Å². The van der Waals surface area contributed by atoms with Crippen molar-refractivity contribution >= 4 is 15.8 Å². The maximum atomic E-state index is 12.6. The van der Waals surface area contributed by atoms with Crippen molar-refractivity contribution < 1.29 is 13.2 Å². The second-order valence-electron chi connectivity index (χ2n) is 6.69. The third-order valence-corrected chi connectivity index (χ3v) is 6.38. The minimum atomic E-state index is -3.48. The molecule has 1 saturated carbocycles. The highest BCUT2D eigenvalue weighted by molar-refractivity contribution is 7.89. The number of sulfonamides is 1. The summed E-state index contributed by atoms with van der Waals surface area (Å²) in [5.74, 6) is 0.336. The molecule has 0 radical (unpaired) electrons. The average molecular weight is 357 g/mol. The zero-order valence-corrected chi connectivity index (χ0v) is 15.1. The van der Waals surface area contributed by atoms with Crippen molar-refractivity contribution in [2.24, 2.45) is 5.92 Å². The molecule has 0 heterocycles. The zero-order valence-electron chi connectivity index (χ0n) is 14.3. The molecule has 1 fully saturated rings. The largest absolute Gasteiger partial charge is 0.295 e. The number of carbonyl (C=O) groups is 1. The summed E-state index contributed by atoms with van der Waals surface area (Å²) in [4.78, 5) is 11.7. The number of nitrogens with one attached hydrogen (secondary N) is 1. The van der Waals surface area contributed by atoms with Crippen molar-refractivity contribution in [1.82, 2.24) is 4.72 Å². The predicted molar refractivity (Wildman–Crippen MR) is 98.0 cm³/mol. The minimum Gasteiger partial charge on any atom is -0.295 e. The van der Waals surface area contributed by atoms with Gasteiger partial charge in [-0.1, -0.05) is 48.9 Å². The highest BCUT2D eigenvalue weighted by atomic mass is 32.2. The molecule has 0 spiro atoms. The molecular formula is C20H23NO3S. The van der Waals surface area contributed by atoms with Crippen LogP contribution in [0.25, 0.3) is 0 Å². The SMILES string of the molecule is CC(=O)c1ccc(CC2CCCC2NS(=O)(=O)c2ccccc2)cc1. The first kappa shape index (κ1) is 17.8. The summed E-state index contributed by atoms with van der Waals surface area (Å²) in [6, 6.07) is 16.1. The molecule has 0 aliphatic heterocycles. The third-order valence-electron chi connectivity index (χ3n) is 4.88. The highest BCUT2D eigenvalue weighted by Gasteiger charge is 2.31. The molecule has 2 aromatic carbocycles. The normalized spacial score (nSPS) is 20.5. The Hall–Kier alpha value is -1.98. The maximum Gasteiger partial charge on any atom is 0.240 e. The van der Waals surface area contributed by atoms with Crippen LogP contribution in [-0.2, 0) is 16.4 Å². The van der Waals surface area contributed by atoms with Crippen molar-refractivity contribution in [3.05, 3.63) is 65.7 Å². The van der Waals surface area contributed by atoms with Crippen molar-refractivity contribution in [3.63, 3.8) is 0 Å². The van der Waals surface area contributed by atoms with Crippen LogP contribution in [0.4, 0.5) is 0 Å². The van der Waals surface area contributed by atoms with E-state index >= 15 is 0 Å². The zero-order chi connectivity index (χ0) is 17.9. The molecule has 5 heteroatoms. The lowest BCUT2D eigenvalue weighted by atomic mass is 9.94. The Morgan fingerprint density at radius 2 is 1.72 bits per heavy atom. The van der Waals surface area contributed by atoms with Crippen LogP contribution in [0.2, 0.25) is 0 Å². The van der Waals surface area contributed by atoms with E-state index in [9.17, 15) is 13.2 Å². The van der Waals surface area contributed by atoms with Gasteiger partial charge in [-0.3, -0.25) is 4.79 Å². The Morgan fingerprint density at radius 1 is 1.04 bits per heavy atom. The van der Waals surface area contributed by atoms with Gasteiger partial charge in [-0.25, -0.2) is 13.1 Å². The first-order valence-electron chi connectivity index (χ1n) is 8.63. The first-order chi connectivity index (χ1) is 12.0. The van der Waals surface area contributed by atoms with Crippen LogP contribution < -0.4 is 4.72 Å². The van der Waals surface area contributed by atoms with Gasteiger partial charge in [0.1, 0.15) is 0 Å². The molecule has 1 N–H and O–H groups in total. The van der Waals surface area contributed by atoms with Gasteiger partial charge in [0, 0.05) is 11.6 Å². The van der Waals surface area contributed by atoms with Gasteiger partial charge in [-0.05, 0) is 49.8 Å². The van der Waals surface area contributed by atoms with E-state index in [1.807, 2.05) is 30.3 Å². The number of benzene rings is 2. The fraction of sp³-hybridized carbons (Fsp3) is 0.350. The Bertz CT molecular complexity index is 829. The van der Waals surface area contributed by atoms with E-state index in [1.165, 1.54) is 0 Å². The molecule has 2 aromatic rings. The van der Waals surface area contributed by atoms with Crippen LogP contribution >= 0.6 is 0 Å². The number of Topliss-reactive ketones (excluding diaryl/α,β-unsaturated/α-hetero) is 1. The van der Waals surface area contributed by atoms with Crippen LogP contribution in [0.15, 0.2) is 59.5 Å². The Labute approximate surface area is 149 Å². The molecule has 0 amide bonds. The second-order valence-corrected chi connectivity index (χ2v) is 8.40. The van der Waals surface area contributed by atoms with Gasteiger partial charge in [-0.2, -0.15) is 0 Å². The fourth-order valence-electron chi connectivity index (χ4n) is 3.48. The topological polar surface area (TPSA) is 63.2 Å². The number of ketones is 1. The Balaban J connectivity index is 1.69. The summed E-state index contributed by atoms with van der Waals surface area (Å²) in [6.45, 7) is 1.56. The molecule has 0 saturated heterocycles. The van der Waals surface area contributed by atoms with E-state index in [1.54, 1.807) is 31.2 Å². The van der Waals surface area contributed by atoms with Gasteiger partial charge in [0.15, 0.2) is 5.78 Å². The number of hydrogen-bond acceptors (Lipinski definition) is 3. The summed E-state index contributed by atoms with van der Waals surface area (Å²) in [5, 5.41) is 0. The van der Waals surface area contributed by atoms with Crippen molar-refractivity contribution in [2.45, 2.75) is 43.5 Å². The van der Waals surface area contributed by atoms with Crippen LogP contribution in [0.5, 0.6) is 0 Å². The van der Waals surface area contributed by atoms with Gasteiger partial charge in [0.25, 0.3) is 0 Å². The molecule has 2 atom stereocenters. The van der Waals surface area contributed by atoms with E-state index in [4.69, 9.17) is 0 Å². The lowest BCUT2D eigenvalue weighted by Crippen LogP contribution is -2.38. The third kappa shape index (κ3) is 4.35. The smallest absolute Gasteiger partial charge is 0.240 e.